The van der Waals surface area contributed by atoms with Gasteiger partial charge < -0.3 is 4.90 Å². The molecule has 0 amide bonds. The van der Waals surface area contributed by atoms with Crippen molar-refractivity contribution in [1.82, 2.24) is 14.7 Å². The summed E-state index contributed by atoms with van der Waals surface area (Å²) in [5.41, 5.74) is -1.18. The Morgan fingerprint density at radius 1 is 1.24 bits per heavy atom. The van der Waals surface area contributed by atoms with E-state index in [-0.39, 0.29) is 16.5 Å². The van der Waals surface area contributed by atoms with Crippen molar-refractivity contribution in [2.75, 3.05) is 18.0 Å². The van der Waals surface area contributed by atoms with Crippen molar-refractivity contribution >= 4 is 27.4 Å². The van der Waals surface area contributed by atoms with Crippen LogP contribution in [0.5, 0.6) is 0 Å². The minimum Gasteiger partial charge on any atom is -0.356 e. The van der Waals surface area contributed by atoms with Crippen molar-refractivity contribution in [2.45, 2.75) is 17.4 Å². The van der Waals surface area contributed by atoms with Gasteiger partial charge in [-0.2, -0.15) is 0 Å². The molecule has 3 N–H and O–H groups in total. The normalized spacial score (nSPS) is 17.8. The number of nitrogens with one attached hydrogen (secondary N) is 3. The van der Waals surface area contributed by atoms with E-state index in [0.29, 0.717) is 18.8 Å². The summed E-state index contributed by atoms with van der Waals surface area (Å²) in [6, 6.07) is 3.82. The van der Waals surface area contributed by atoms with Crippen molar-refractivity contribution in [3.63, 3.8) is 0 Å². The molecule has 2 aromatic rings. The lowest BCUT2D eigenvalue weighted by molar-refractivity contribution is 0.561. The van der Waals surface area contributed by atoms with Crippen LogP contribution in [0.2, 0.25) is 5.02 Å². The Kier molecular flexibility index (Phi) is 4.67. The van der Waals surface area contributed by atoms with E-state index in [9.17, 15) is 22.4 Å². The summed E-state index contributed by atoms with van der Waals surface area (Å²) < 4.78 is 40.4. The second-order valence-electron chi connectivity index (χ2n) is 5.60. The highest BCUT2D eigenvalue weighted by atomic mass is 35.5. The number of H-pyrrole nitrogens is 2. The van der Waals surface area contributed by atoms with Crippen LogP contribution in [0.4, 0.5) is 10.2 Å². The number of aromatic nitrogens is 2. The van der Waals surface area contributed by atoms with Crippen LogP contribution in [0.15, 0.2) is 38.8 Å². The Labute approximate surface area is 146 Å². The number of aromatic amines is 2. The van der Waals surface area contributed by atoms with Crippen molar-refractivity contribution < 1.29 is 12.8 Å². The third-order valence-corrected chi connectivity index (χ3v) is 5.78. The molecule has 3 rings (SSSR count). The van der Waals surface area contributed by atoms with Gasteiger partial charge in [-0.15, -0.1) is 0 Å². The van der Waals surface area contributed by atoms with Gasteiger partial charge in [0, 0.05) is 25.2 Å². The molecule has 2 heterocycles. The zero-order valence-corrected chi connectivity index (χ0v) is 14.3. The Balaban J connectivity index is 1.76. The Bertz CT molecular complexity index is 992. The van der Waals surface area contributed by atoms with E-state index in [2.05, 4.69) is 14.7 Å². The maximum absolute atomic E-state index is 13.1. The van der Waals surface area contributed by atoms with Gasteiger partial charge in [0.15, 0.2) is 0 Å². The van der Waals surface area contributed by atoms with Crippen LogP contribution in [0, 0.1) is 5.82 Å². The first-order chi connectivity index (χ1) is 11.7. The van der Waals surface area contributed by atoms with E-state index >= 15 is 0 Å². The molecule has 25 heavy (non-hydrogen) atoms. The predicted molar refractivity (Wildman–Crippen MR) is 90.0 cm³/mol. The quantitative estimate of drug-likeness (QED) is 0.701. The fourth-order valence-corrected chi connectivity index (χ4v) is 4.47. The molecule has 1 aromatic heterocycles. The number of benzene rings is 1. The number of sulfonamides is 1. The van der Waals surface area contributed by atoms with Gasteiger partial charge in [0.25, 0.3) is 5.56 Å². The SMILES string of the molecule is O=c1cc(N2CC[C@@H](NS(=O)(=O)c3ccc(F)cc3Cl)C2)[nH]c(=O)[nH]1. The van der Waals surface area contributed by atoms with Gasteiger partial charge in [0.1, 0.15) is 16.5 Å². The van der Waals surface area contributed by atoms with Gasteiger partial charge in [-0.1, -0.05) is 11.6 Å². The van der Waals surface area contributed by atoms with Crippen molar-refractivity contribution in [3.8, 4) is 0 Å². The average Bonchev–Trinajstić information content (AvgIpc) is 2.93. The van der Waals surface area contributed by atoms with Gasteiger partial charge >= 0.3 is 5.69 Å². The maximum Gasteiger partial charge on any atom is 0.327 e. The molecule has 0 aliphatic carbocycles. The molecule has 1 fully saturated rings. The van der Waals surface area contributed by atoms with Crippen molar-refractivity contribution in [3.05, 3.63) is 55.9 Å². The number of hydrogen-bond acceptors (Lipinski definition) is 5. The van der Waals surface area contributed by atoms with E-state index in [1.165, 1.54) is 6.07 Å². The lowest BCUT2D eigenvalue weighted by atomic mass is 10.3. The van der Waals surface area contributed by atoms with Crippen LogP contribution < -0.4 is 20.9 Å². The molecule has 1 saturated heterocycles. The lowest BCUT2D eigenvalue weighted by Crippen LogP contribution is -2.38. The van der Waals surface area contributed by atoms with Crippen molar-refractivity contribution in [2.24, 2.45) is 0 Å². The predicted octanol–water partition coefficient (Wildman–Crippen LogP) is 0.413. The summed E-state index contributed by atoms with van der Waals surface area (Å²) in [5.74, 6) is -0.315. The standard InChI is InChI=1S/C14H14ClFN4O4S/c15-10-5-8(16)1-2-11(10)25(23,24)19-9-3-4-20(7-9)12-6-13(21)18-14(22)17-12/h1-2,5-6,9,19H,3-4,7H2,(H2,17,18,21,22)/t9-/m1/s1. The summed E-state index contributed by atoms with van der Waals surface area (Å²) in [6.45, 7) is 0.709. The highest BCUT2D eigenvalue weighted by Crippen LogP contribution is 2.24. The smallest absolute Gasteiger partial charge is 0.327 e. The van der Waals surface area contributed by atoms with Gasteiger partial charge in [0.2, 0.25) is 10.0 Å². The first-order valence-electron chi connectivity index (χ1n) is 7.30. The van der Waals surface area contributed by atoms with E-state index in [1.54, 1.807) is 4.90 Å². The van der Waals surface area contributed by atoms with Crippen LogP contribution in [0.25, 0.3) is 0 Å². The molecular formula is C14H14ClFN4O4S. The van der Waals surface area contributed by atoms with Gasteiger partial charge in [-0.3, -0.25) is 14.8 Å². The highest BCUT2D eigenvalue weighted by molar-refractivity contribution is 7.89. The Morgan fingerprint density at radius 2 is 2.00 bits per heavy atom. The fraction of sp³-hybridized carbons (Fsp3) is 0.286. The fourth-order valence-electron chi connectivity index (χ4n) is 2.68. The Morgan fingerprint density at radius 3 is 2.68 bits per heavy atom. The van der Waals surface area contributed by atoms with E-state index in [0.717, 1.165) is 18.2 Å². The molecule has 0 spiro atoms. The lowest BCUT2D eigenvalue weighted by Gasteiger charge is -2.18. The molecule has 1 aromatic carbocycles. The number of nitrogens with zero attached hydrogens (tertiary/aromatic N) is 1. The largest absolute Gasteiger partial charge is 0.356 e. The first kappa shape index (κ1) is 17.6. The molecule has 1 aliphatic rings. The monoisotopic (exact) mass is 388 g/mol. The second-order valence-corrected chi connectivity index (χ2v) is 7.69. The average molecular weight is 389 g/mol. The zero-order valence-electron chi connectivity index (χ0n) is 12.8. The van der Waals surface area contributed by atoms with E-state index in [4.69, 9.17) is 11.6 Å². The van der Waals surface area contributed by atoms with Gasteiger partial charge in [0.05, 0.1) is 5.02 Å². The molecule has 0 radical (unpaired) electrons. The van der Waals surface area contributed by atoms with Crippen LogP contribution in [0.3, 0.4) is 0 Å². The van der Waals surface area contributed by atoms with Crippen LogP contribution in [-0.2, 0) is 10.0 Å². The third-order valence-electron chi connectivity index (χ3n) is 3.78. The van der Waals surface area contributed by atoms with E-state index in [1.807, 2.05) is 0 Å². The summed E-state index contributed by atoms with van der Waals surface area (Å²) in [4.78, 5) is 28.7. The minimum absolute atomic E-state index is 0.207. The molecule has 1 aliphatic heterocycles. The molecule has 1 atom stereocenters. The van der Waals surface area contributed by atoms with Crippen LogP contribution >= 0.6 is 11.6 Å². The zero-order chi connectivity index (χ0) is 18.2. The number of hydrogen-bond donors (Lipinski definition) is 3. The van der Waals surface area contributed by atoms with Crippen molar-refractivity contribution in [1.29, 1.82) is 0 Å². The van der Waals surface area contributed by atoms with Crippen LogP contribution in [-0.4, -0.2) is 37.5 Å². The topological polar surface area (TPSA) is 115 Å². The molecule has 0 unspecified atom stereocenters. The highest BCUT2D eigenvalue weighted by Gasteiger charge is 2.29. The second kappa shape index (κ2) is 6.62. The molecular weight excluding hydrogens is 375 g/mol. The molecule has 0 saturated carbocycles. The summed E-state index contributed by atoms with van der Waals surface area (Å²) in [5, 5.41) is -0.207. The summed E-state index contributed by atoms with van der Waals surface area (Å²) in [7, 11) is -3.93. The molecule has 11 heteroatoms. The number of halogens is 2. The summed E-state index contributed by atoms with van der Waals surface area (Å²) >= 11 is 5.81. The molecule has 134 valence electrons. The molecule has 0 bridgehead atoms. The Hall–Kier alpha value is -2.17. The minimum atomic E-state index is -3.93. The van der Waals surface area contributed by atoms with E-state index < -0.39 is 33.1 Å². The number of anilines is 1. The first-order valence-corrected chi connectivity index (χ1v) is 9.17. The summed E-state index contributed by atoms with van der Waals surface area (Å²) in [6.07, 6.45) is 0.465. The van der Waals surface area contributed by atoms with Crippen LogP contribution in [0.1, 0.15) is 6.42 Å². The number of rotatable bonds is 4. The maximum atomic E-state index is 13.1. The molecule has 8 nitrogen and oxygen atoms in total. The van der Waals surface area contributed by atoms with Gasteiger partial charge in [-0.05, 0) is 24.6 Å². The van der Waals surface area contributed by atoms with Gasteiger partial charge in [-0.25, -0.2) is 22.3 Å². The third kappa shape index (κ3) is 3.91.